The highest BCUT2D eigenvalue weighted by Gasteiger charge is 2.20. The van der Waals surface area contributed by atoms with Gasteiger partial charge < -0.3 is 4.57 Å². The summed E-state index contributed by atoms with van der Waals surface area (Å²) in [5, 5.41) is 10.3. The lowest BCUT2D eigenvalue weighted by Gasteiger charge is -2.23. The van der Waals surface area contributed by atoms with Gasteiger partial charge >= 0.3 is 0 Å². The molecule has 8 aromatic carbocycles. The van der Waals surface area contributed by atoms with E-state index < -0.39 is 0 Å². The predicted molar refractivity (Wildman–Crippen MR) is 200 cm³/mol. The Morgan fingerprint density at radius 2 is 1.08 bits per heavy atom. The minimum Gasteiger partial charge on any atom is -0.309 e. The standard InChI is InChI=1S/C44H28N4/c1-3-10-32(11-4-1)47(44-45-26-9-27-46-44)34-21-18-29(19-22-34)35-23-20-30-16-17-31-28-40-43(38-25-24-36(35)41(30)42(31)38)37-14-7-8-15-39(37)48(40)33-12-5-2-6-13-33/h1-28H. The van der Waals surface area contributed by atoms with E-state index in [1.54, 1.807) is 12.4 Å². The number of hydrogen-bond acceptors (Lipinski definition) is 3. The number of fused-ring (bicyclic) bond motifs is 4. The molecule has 0 fully saturated rings. The fourth-order valence-corrected chi connectivity index (χ4v) is 7.59. The van der Waals surface area contributed by atoms with E-state index in [-0.39, 0.29) is 0 Å². The number of rotatable bonds is 5. The molecule has 224 valence electrons. The fraction of sp³-hybridized carbons (Fsp3) is 0. The first-order chi connectivity index (χ1) is 23.8. The van der Waals surface area contributed by atoms with Crippen LogP contribution in [0.4, 0.5) is 17.3 Å². The molecule has 10 aromatic rings. The van der Waals surface area contributed by atoms with Gasteiger partial charge in [-0.1, -0.05) is 103 Å². The average Bonchev–Trinajstić information content (AvgIpc) is 3.49. The van der Waals surface area contributed by atoms with Crippen molar-refractivity contribution in [2.45, 2.75) is 0 Å². The van der Waals surface area contributed by atoms with Crippen molar-refractivity contribution in [3.8, 4) is 16.8 Å². The van der Waals surface area contributed by atoms with E-state index in [2.05, 4.69) is 153 Å². The highest BCUT2D eigenvalue weighted by molar-refractivity contribution is 6.34. The lowest BCUT2D eigenvalue weighted by molar-refractivity contribution is 1.08. The quantitative estimate of drug-likeness (QED) is 0.181. The highest BCUT2D eigenvalue weighted by Crippen LogP contribution is 2.45. The van der Waals surface area contributed by atoms with E-state index in [0.29, 0.717) is 5.95 Å². The Labute approximate surface area is 277 Å². The second-order valence-electron chi connectivity index (χ2n) is 12.3. The van der Waals surface area contributed by atoms with Crippen LogP contribution < -0.4 is 4.90 Å². The third-order valence-electron chi connectivity index (χ3n) is 9.64. The van der Waals surface area contributed by atoms with Crippen LogP contribution in [0, 0.1) is 0 Å². The molecule has 2 heterocycles. The number of anilines is 3. The molecular formula is C44H28N4. The molecule has 10 rings (SSSR count). The van der Waals surface area contributed by atoms with Crippen LogP contribution in [0.2, 0.25) is 0 Å². The zero-order valence-corrected chi connectivity index (χ0v) is 26.0. The van der Waals surface area contributed by atoms with Gasteiger partial charge in [0.1, 0.15) is 0 Å². The number of hydrogen-bond donors (Lipinski definition) is 0. The molecule has 0 spiro atoms. The third kappa shape index (κ3) is 3.96. The maximum absolute atomic E-state index is 4.57. The Hall–Kier alpha value is -6.52. The minimum atomic E-state index is 0.638. The van der Waals surface area contributed by atoms with Crippen molar-refractivity contribution in [1.29, 1.82) is 0 Å². The number of aromatic nitrogens is 3. The van der Waals surface area contributed by atoms with Crippen molar-refractivity contribution in [1.82, 2.24) is 14.5 Å². The topological polar surface area (TPSA) is 34.0 Å². The average molecular weight is 613 g/mol. The van der Waals surface area contributed by atoms with Crippen LogP contribution >= 0.6 is 0 Å². The van der Waals surface area contributed by atoms with Gasteiger partial charge in [0.25, 0.3) is 0 Å². The van der Waals surface area contributed by atoms with Crippen LogP contribution in [0.5, 0.6) is 0 Å². The molecule has 0 saturated heterocycles. The second-order valence-corrected chi connectivity index (χ2v) is 12.3. The van der Waals surface area contributed by atoms with Gasteiger partial charge in [0.2, 0.25) is 5.95 Å². The summed E-state index contributed by atoms with van der Waals surface area (Å²) in [5.41, 5.74) is 8.04. The Bertz CT molecular complexity index is 2710. The van der Waals surface area contributed by atoms with Crippen molar-refractivity contribution in [2.75, 3.05) is 4.90 Å². The first kappa shape index (κ1) is 26.7. The Balaban J connectivity index is 1.17. The monoisotopic (exact) mass is 612 g/mol. The Kier molecular flexibility index (Phi) is 5.84. The fourth-order valence-electron chi connectivity index (χ4n) is 7.59. The van der Waals surface area contributed by atoms with Gasteiger partial charge in [-0.3, -0.25) is 4.90 Å². The maximum atomic E-state index is 4.57. The van der Waals surface area contributed by atoms with Crippen molar-refractivity contribution < 1.29 is 0 Å². The molecule has 0 saturated carbocycles. The minimum absolute atomic E-state index is 0.638. The van der Waals surface area contributed by atoms with Crippen molar-refractivity contribution in [3.05, 3.63) is 170 Å². The normalized spacial score (nSPS) is 11.8. The molecular weight excluding hydrogens is 585 g/mol. The molecule has 0 aliphatic rings. The summed E-state index contributed by atoms with van der Waals surface area (Å²) in [6, 6.07) is 56.5. The zero-order chi connectivity index (χ0) is 31.6. The lowest BCUT2D eigenvalue weighted by atomic mass is 9.88. The number of benzene rings is 8. The van der Waals surface area contributed by atoms with Crippen LogP contribution in [0.3, 0.4) is 0 Å². The van der Waals surface area contributed by atoms with Gasteiger partial charge in [-0.25, -0.2) is 9.97 Å². The summed E-state index contributed by atoms with van der Waals surface area (Å²) in [6.07, 6.45) is 3.56. The van der Waals surface area contributed by atoms with Gasteiger partial charge in [-0.15, -0.1) is 0 Å². The van der Waals surface area contributed by atoms with Crippen LogP contribution in [0.25, 0.3) is 70.9 Å². The summed E-state index contributed by atoms with van der Waals surface area (Å²) in [5.74, 6) is 0.638. The summed E-state index contributed by atoms with van der Waals surface area (Å²) >= 11 is 0. The Morgan fingerprint density at radius 3 is 1.90 bits per heavy atom. The predicted octanol–water partition coefficient (Wildman–Crippen LogP) is 11.6. The van der Waals surface area contributed by atoms with Crippen molar-refractivity contribution >= 4 is 71.4 Å². The third-order valence-corrected chi connectivity index (χ3v) is 9.64. The van der Waals surface area contributed by atoms with Gasteiger partial charge in [0.05, 0.1) is 11.0 Å². The molecule has 0 bridgehead atoms. The number of para-hydroxylation sites is 3. The smallest absolute Gasteiger partial charge is 0.234 e. The molecule has 4 nitrogen and oxygen atoms in total. The maximum Gasteiger partial charge on any atom is 0.234 e. The Morgan fingerprint density at radius 1 is 0.438 bits per heavy atom. The molecule has 0 amide bonds. The van der Waals surface area contributed by atoms with Gasteiger partial charge in [-0.2, -0.15) is 0 Å². The van der Waals surface area contributed by atoms with Crippen LogP contribution in [-0.2, 0) is 0 Å². The summed E-state index contributed by atoms with van der Waals surface area (Å²) in [7, 11) is 0. The molecule has 2 aromatic heterocycles. The van der Waals surface area contributed by atoms with Gasteiger partial charge in [0, 0.05) is 40.2 Å². The molecule has 4 heteroatoms. The van der Waals surface area contributed by atoms with E-state index in [1.165, 1.54) is 70.9 Å². The van der Waals surface area contributed by atoms with Crippen molar-refractivity contribution in [2.24, 2.45) is 0 Å². The zero-order valence-electron chi connectivity index (χ0n) is 26.0. The molecule has 48 heavy (non-hydrogen) atoms. The van der Waals surface area contributed by atoms with Crippen LogP contribution in [0.1, 0.15) is 0 Å². The summed E-state index contributed by atoms with van der Waals surface area (Å²) in [4.78, 5) is 11.2. The van der Waals surface area contributed by atoms with Crippen LogP contribution in [-0.4, -0.2) is 14.5 Å². The largest absolute Gasteiger partial charge is 0.309 e. The number of nitrogens with zero attached hydrogens (tertiary/aromatic N) is 4. The van der Waals surface area contributed by atoms with E-state index in [4.69, 9.17) is 0 Å². The van der Waals surface area contributed by atoms with Crippen molar-refractivity contribution in [3.63, 3.8) is 0 Å². The van der Waals surface area contributed by atoms with E-state index in [1.807, 2.05) is 24.3 Å². The second kappa shape index (κ2) is 10.5. The lowest BCUT2D eigenvalue weighted by Crippen LogP contribution is -2.12. The van der Waals surface area contributed by atoms with E-state index in [9.17, 15) is 0 Å². The van der Waals surface area contributed by atoms with E-state index in [0.717, 1.165) is 11.4 Å². The summed E-state index contributed by atoms with van der Waals surface area (Å²) < 4.78 is 2.41. The van der Waals surface area contributed by atoms with Gasteiger partial charge in [0.15, 0.2) is 0 Å². The first-order valence-corrected chi connectivity index (χ1v) is 16.3. The van der Waals surface area contributed by atoms with E-state index >= 15 is 0 Å². The highest BCUT2D eigenvalue weighted by atomic mass is 15.3. The molecule has 0 atom stereocenters. The molecule has 0 aliphatic carbocycles. The molecule has 0 radical (unpaired) electrons. The summed E-state index contributed by atoms with van der Waals surface area (Å²) in [6.45, 7) is 0. The van der Waals surface area contributed by atoms with Gasteiger partial charge in [-0.05, 0) is 98.0 Å². The van der Waals surface area contributed by atoms with Crippen LogP contribution in [0.15, 0.2) is 170 Å². The first-order valence-electron chi connectivity index (χ1n) is 16.3. The molecule has 0 N–H and O–H groups in total. The molecule has 0 aliphatic heterocycles. The molecule has 0 unspecified atom stereocenters. The SMILES string of the molecule is c1ccc(N(c2ccc(-c3ccc4ccc5cc6c(c7ccc3c4c57)c3ccccc3n6-c3ccccc3)cc2)c2ncccn2)cc1.